The van der Waals surface area contributed by atoms with Gasteiger partial charge in [-0.15, -0.1) is 0 Å². The number of aliphatic hydroxyl groups is 1. The molecule has 0 fully saturated rings. The minimum absolute atomic E-state index is 0.194. The molecule has 0 radical (unpaired) electrons. The van der Waals surface area contributed by atoms with Crippen LogP contribution >= 0.6 is 0 Å². The number of aryl methyl sites for hydroxylation is 1. The monoisotopic (exact) mass is 191 g/mol. The van der Waals surface area contributed by atoms with Crippen molar-refractivity contribution in [2.75, 3.05) is 11.9 Å². The molecule has 76 valence electrons. The van der Waals surface area contributed by atoms with Crippen LogP contribution in [0, 0.1) is 0 Å². The molecule has 2 N–H and O–H groups in total. The number of hydrogen-bond acceptors (Lipinski definition) is 2. The highest BCUT2D eigenvalue weighted by atomic mass is 16.3. The molecule has 2 nitrogen and oxygen atoms in total. The normalized spacial score (nSPS) is 16.1. The average molecular weight is 191 g/mol. The molecule has 1 aromatic carbocycles. The molecule has 2 rings (SSSR count). The van der Waals surface area contributed by atoms with Gasteiger partial charge in [0.25, 0.3) is 0 Å². The van der Waals surface area contributed by atoms with Crippen LogP contribution in [0.4, 0.5) is 5.69 Å². The van der Waals surface area contributed by atoms with Gasteiger partial charge in [-0.25, -0.2) is 0 Å². The Labute approximate surface area is 85.0 Å². The summed E-state index contributed by atoms with van der Waals surface area (Å²) >= 11 is 0. The van der Waals surface area contributed by atoms with E-state index in [1.54, 1.807) is 0 Å². The summed E-state index contributed by atoms with van der Waals surface area (Å²) in [6.07, 6.45) is 2.78. The lowest BCUT2D eigenvalue weighted by molar-refractivity contribution is 0.185. The van der Waals surface area contributed by atoms with Crippen molar-refractivity contribution in [2.45, 2.75) is 32.3 Å². The first-order valence-corrected chi connectivity index (χ1v) is 5.30. The zero-order valence-electron chi connectivity index (χ0n) is 8.59. The van der Waals surface area contributed by atoms with Gasteiger partial charge in [-0.1, -0.05) is 12.1 Å². The maximum Gasteiger partial charge on any atom is 0.0515 e. The third-order valence-electron chi connectivity index (χ3n) is 2.79. The SMILES string of the molecule is CC(O)CCc1cccc2c1CCN2. The standard InChI is InChI=1S/C12H17NO/c1-9(14)5-6-10-3-2-4-12-11(10)7-8-13-12/h2-4,9,13-14H,5-8H2,1H3. The first-order chi connectivity index (χ1) is 6.77. The van der Waals surface area contributed by atoms with E-state index < -0.39 is 0 Å². The second-order valence-electron chi connectivity index (χ2n) is 4.01. The highest BCUT2D eigenvalue weighted by Crippen LogP contribution is 2.26. The average Bonchev–Trinajstić information content (AvgIpc) is 2.62. The summed E-state index contributed by atoms with van der Waals surface area (Å²) in [5, 5.41) is 12.6. The molecule has 14 heavy (non-hydrogen) atoms. The summed E-state index contributed by atoms with van der Waals surface area (Å²) in [4.78, 5) is 0. The van der Waals surface area contributed by atoms with E-state index in [9.17, 15) is 5.11 Å². The van der Waals surface area contributed by atoms with E-state index in [0.717, 1.165) is 25.8 Å². The molecule has 1 aliphatic heterocycles. The Balaban J connectivity index is 2.14. The maximum absolute atomic E-state index is 9.25. The van der Waals surface area contributed by atoms with E-state index in [1.807, 2.05) is 6.92 Å². The Morgan fingerprint density at radius 1 is 1.50 bits per heavy atom. The van der Waals surface area contributed by atoms with Gasteiger partial charge in [0.1, 0.15) is 0 Å². The van der Waals surface area contributed by atoms with Crippen molar-refractivity contribution in [2.24, 2.45) is 0 Å². The largest absolute Gasteiger partial charge is 0.393 e. The van der Waals surface area contributed by atoms with Crippen LogP contribution in [0.1, 0.15) is 24.5 Å². The topological polar surface area (TPSA) is 32.3 Å². The fraction of sp³-hybridized carbons (Fsp3) is 0.500. The lowest BCUT2D eigenvalue weighted by Gasteiger charge is -2.08. The number of benzene rings is 1. The molecule has 1 aromatic rings. The number of nitrogens with one attached hydrogen (secondary N) is 1. The van der Waals surface area contributed by atoms with Crippen LogP contribution in [0.2, 0.25) is 0 Å². The number of aliphatic hydroxyl groups excluding tert-OH is 1. The van der Waals surface area contributed by atoms with E-state index in [0.29, 0.717) is 0 Å². The fourth-order valence-corrected chi connectivity index (χ4v) is 2.02. The fourth-order valence-electron chi connectivity index (χ4n) is 2.02. The smallest absolute Gasteiger partial charge is 0.0515 e. The Morgan fingerprint density at radius 3 is 3.14 bits per heavy atom. The van der Waals surface area contributed by atoms with Crippen LogP contribution in [-0.2, 0) is 12.8 Å². The first kappa shape index (κ1) is 9.53. The highest BCUT2D eigenvalue weighted by molar-refractivity contribution is 5.58. The molecule has 0 aliphatic carbocycles. The molecule has 0 saturated carbocycles. The summed E-state index contributed by atoms with van der Waals surface area (Å²) in [5.41, 5.74) is 4.13. The van der Waals surface area contributed by atoms with Crippen molar-refractivity contribution in [1.29, 1.82) is 0 Å². The quantitative estimate of drug-likeness (QED) is 0.765. The van der Waals surface area contributed by atoms with Crippen LogP contribution in [0.25, 0.3) is 0 Å². The number of rotatable bonds is 3. The van der Waals surface area contributed by atoms with Crippen LogP contribution in [0.3, 0.4) is 0 Å². The van der Waals surface area contributed by atoms with Gasteiger partial charge in [0.15, 0.2) is 0 Å². The zero-order valence-corrected chi connectivity index (χ0v) is 8.59. The molecule has 1 unspecified atom stereocenters. The second-order valence-corrected chi connectivity index (χ2v) is 4.01. The molecular weight excluding hydrogens is 174 g/mol. The number of hydrogen-bond donors (Lipinski definition) is 2. The zero-order chi connectivity index (χ0) is 9.97. The molecule has 1 atom stereocenters. The summed E-state index contributed by atoms with van der Waals surface area (Å²) in [6.45, 7) is 2.91. The van der Waals surface area contributed by atoms with E-state index >= 15 is 0 Å². The molecular formula is C12H17NO. The minimum atomic E-state index is -0.194. The Hall–Kier alpha value is -1.02. The summed E-state index contributed by atoms with van der Waals surface area (Å²) in [7, 11) is 0. The maximum atomic E-state index is 9.25. The highest BCUT2D eigenvalue weighted by Gasteiger charge is 2.13. The van der Waals surface area contributed by atoms with Crippen LogP contribution in [0.5, 0.6) is 0 Å². The van der Waals surface area contributed by atoms with Crippen molar-refractivity contribution in [3.8, 4) is 0 Å². The Morgan fingerprint density at radius 2 is 2.36 bits per heavy atom. The van der Waals surface area contributed by atoms with E-state index in [1.165, 1.54) is 16.8 Å². The lowest BCUT2D eigenvalue weighted by atomic mass is 9.99. The third kappa shape index (κ3) is 1.90. The second kappa shape index (κ2) is 4.01. The van der Waals surface area contributed by atoms with Gasteiger partial charge < -0.3 is 10.4 Å². The molecule has 1 heterocycles. The summed E-state index contributed by atoms with van der Waals surface area (Å²) in [6, 6.07) is 6.40. The van der Waals surface area contributed by atoms with E-state index in [2.05, 4.69) is 23.5 Å². The van der Waals surface area contributed by atoms with Gasteiger partial charge in [-0.05, 0) is 43.4 Å². The molecule has 1 aliphatic rings. The molecule has 0 aromatic heterocycles. The predicted octanol–water partition coefficient (Wildman–Crippen LogP) is 1.97. The molecule has 0 saturated heterocycles. The number of fused-ring (bicyclic) bond motifs is 1. The van der Waals surface area contributed by atoms with Crippen molar-refractivity contribution < 1.29 is 5.11 Å². The van der Waals surface area contributed by atoms with Gasteiger partial charge in [-0.2, -0.15) is 0 Å². The van der Waals surface area contributed by atoms with Gasteiger partial charge in [0.05, 0.1) is 6.10 Å². The van der Waals surface area contributed by atoms with Crippen LogP contribution < -0.4 is 5.32 Å². The lowest BCUT2D eigenvalue weighted by Crippen LogP contribution is -2.02. The van der Waals surface area contributed by atoms with Gasteiger partial charge in [-0.3, -0.25) is 0 Å². The van der Waals surface area contributed by atoms with Gasteiger partial charge >= 0.3 is 0 Å². The van der Waals surface area contributed by atoms with Crippen molar-refractivity contribution >= 4 is 5.69 Å². The van der Waals surface area contributed by atoms with Crippen molar-refractivity contribution in [1.82, 2.24) is 0 Å². The van der Waals surface area contributed by atoms with Crippen molar-refractivity contribution in [3.63, 3.8) is 0 Å². The third-order valence-corrected chi connectivity index (χ3v) is 2.79. The predicted molar refractivity (Wildman–Crippen MR) is 58.6 cm³/mol. The first-order valence-electron chi connectivity index (χ1n) is 5.30. The Kier molecular flexibility index (Phi) is 2.73. The van der Waals surface area contributed by atoms with Crippen molar-refractivity contribution in [3.05, 3.63) is 29.3 Å². The van der Waals surface area contributed by atoms with Gasteiger partial charge in [0, 0.05) is 12.2 Å². The summed E-state index contributed by atoms with van der Waals surface area (Å²) < 4.78 is 0. The van der Waals surface area contributed by atoms with E-state index in [-0.39, 0.29) is 6.10 Å². The van der Waals surface area contributed by atoms with Crippen LogP contribution in [0.15, 0.2) is 18.2 Å². The molecule has 0 spiro atoms. The van der Waals surface area contributed by atoms with Crippen LogP contribution in [-0.4, -0.2) is 17.8 Å². The minimum Gasteiger partial charge on any atom is -0.393 e. The molecule has 2 heteroatoms. The van der Waals surface area contributed by atoms with Gasteiger partial charge in [0.2, 0.25) is 0 Å². The summed E-state index contributed by atoms with van der Waals surface area (Å²) in [5.74, 6) is 0. The molecule has 0 bridgehead atoms. The Bertz CT molecular complexity index is 320. The van der Waals surface area contributed by atoms with E-state index in [4.69, 9.17) is 0 Å². The number of anilines is 1. The molecule has 0 amide bonds.